The van der Waals surface area contributed by atoms with Crippen LogP contribution in [0.2, 0.25) is 0 Å². The van der Waals surface area contributed by atoms with Crippen LogP contribution < -0.4 is 11.5 Å². The monoisotopic (exact) mass is 190 g/mol. The van der Waals surface area contributed by atoms with E-state index in [0.717, 1.165) is 12.8 Å². The van der Waals surface area contributed by atoms with Gasteiger partial charge in [0.2, 0.25) is 0 Å². The fourth-order valence-electron chi connectivity index (χ4n) is 1.45. The lowest BCUT2D eigenvalue weighted by Crippen LogP contribution is -2.01. The minimum absolute atomic E-state index is 0.622. The van der Waals surface area contributed by atoms with Gasteiger partial charge in [0.15, 0.2) is 0 Å². The Morgan fingerprint density at radius 1 is 1.00 bits per heavy atom. The molecule has 2 nitrogen and oxygen atoms in total. The van der Waals surface area contributed by atoms with E-state index in [-0.39, 0.29) is 0 Å². The molecule has 0 saturated heterocycles. The minimum atomic E-state index is 0.622. The van der Waals surface area contributed by atoms with Gasteiger partial charge >= 0.3 is 0 Å². The molecule has 1 rings (SSSR count). The van der Waals surface area contributed by atoms with Gasteiger partial charge in [-0.15, -0.1) is 0 Å². The second-order valence-electron chi connectivity index (χ2n) is 3.22. The maximum Gasteiger partial charge on any atom is 0.0180 e. The predicted molar refractivity (Wildman–Crippen MR) is 60.8 cm³/mol. The summed E-state index contributed by atoms with van der Waals surface area (Å²) in [6.07, 6.45) is 6.19. The standard InChI is InChI=1S/C12H18N2/c13-9-5-1-2-6-11-7-3-4-8-12(11)10-14/h1,3-5,7-8H,2,6,9-10,13-14H2. The molecule has 2 heteroatoms. The van der Waals surface area contributed by atoms with Crippen LogP contribution in [0.5, 0.6) is 0 Å². The lowest BCUT2D eigenvalue weighted by molar-refractivity contribution is 0.944. The summed E-state index contributed by atoms with van der Waals surface area (Å²) in [5.74, 6) is 0. The van der Waals surface area contributed by atoms with Gasteiger partial charge in [0.1, 0.15) is 0 Å². The van der Waals surface area contributed by atoms with Gasteiger partial charge in [0.25, 0.3) is 0 Å². The minimum Gasteiger partial charge on any atom is -0.327 e. The Balaban J connectivity index is 2.53. The number of rotatable bonds is 5. The second kappa shape index (κ2) is 6.35. The fourth-order valence-corrected chi connectivity index (χ4v) is 1.45. The molecule has 0 saturated carbocycles. The average Bonchev–Trinajstić information content (AvgIpc) is 2.25. The molecule has 0 heterocycles. The summed E-state index contributed by atoms with van der Waals surface area (Å²) in [5.41, 5.74) is 13.6. The molecule has 1 aromatic rings. The van der Waals surface area contributed by atoms with Crippen molar-refractivity contribution in [3.63, 3.8) is 0 Å². The SMILES string of the molecule is NCC=CCCc1ccccc1CN. The number of aryl methyl sites for hydroxylation is 1. The Bertz CT molecular complexity index is 292. The number of hydrogen-bond donors (Lipinski definition) is 2. The van der Waals surface area contributed by atoms with Crippen molar-refractivity contribution in [1.29, 1.82) is 0 Å². The molecule has 0 aliphatic heterocycles. The molecule has 76 valence electrons. The lowest BCUT2D eigenvalue weighted by Gasteiger charge is -2.05. The van der Waals surface area contributed by atoms with E-state index in [0.29, 0.717) is 13.1 Å². The van der Waals surface area contributed by atoms with Crippen molar-refractivity contribution >= 4 is 0 Å². The first kappa shape index (κ1) is 11.0. The van der Waals surface area contributed by atoms with Gasteiger partial charge in [0.05, 0.1) is 0 Å². The van der Waals surface area contributed by atoms with Crippen molar-refractivity contribution in [1.82, 2.24) is 0 Å². The molecule has 0 spiro atoms. The molecule has 0 fully saturated rings. The van der Waals surface area contributed by atoms with Crippen LogP contribution in [0, 0.1) is 0 Å². The third kappa shape index (κ3) is 3.32. The number of hydrogen-bond acceptors (Lipinski definition) is 2. The van der Waals surface area contributed by atoms with Crippen LogP contribution in [-0.2, 0) is 13.0 Å². The first-order valence-electron chi connectivity index (χ1n) is 5.00. The average molecular weight is 190 g/mol. The zero-order valence-corrected chi connectivity index (χ0v) is 8.45. The smallest absolute Gasteiger partial charge is 0.0180 e. The van der Waals surface area contributed by atoms with Crippen LogP contribution in [-0.4, -0.2) is 6.54 Å². The summed E-state index contributed by atoms with van der Waals surface area (Å²) >= 11 is 0. The van der Waals surface area contributed by atoms with Crippen molar-refractivity contribution in [2.75, 3.05) is 6.54 Å². The van der Waals surface area contributed by atoms with E-state index in [1.54, 1.807) is 0 Å². The highest BCUT2D eigenvalue weighted by molar-refractivity contribution is 5.27. The van der Waals surface area contributed by atoms with Crippen LogP contribution >= 0.6 is 0 Å². The van der Waals surface area contributed by atoms with E-state index >= 15 is 0 Å². The predicted octanol–water partition coefficient (Wildman–Crippen LogP) is 1.59. The molecule has 1 aromatic carbocycles. The quantitative estimate of drug-likeness (QED) is 0.693. The summed E-state index contributed by atoms with van der Waals surface area (Å²) in [6, 6.07) is 8.31. The number of benzene rings is 1. The third-order valence-electron chi connectivity index (χ3n) is 2.22. The Morgan fingerprint density at radius 2 is 1.71 bits per heavy atom. The maximum absolute atomic E-state index is 5.64. The summed E-state index contributed by atoms with van der Waals surface area (Å²) in [5, 5.41) is 0. The molecule has 4 N–H and O–H groups in total. The lowest BCUT2D eigenvalue weighted by atomic mass is 10.0. The normalized spacial score (nSPS) is 11.0. The second-order valence-corrected chi connectivity index (χ2v) is 3.22. The van der Waals surface area contributed by atoms with Crippen LogP contribution in [0.1, 0.15) is 17.5 Å². The van der Waals surface area contributed by atoms with Crippen molar-refractivity contribution in [3.8, 4) is 0 Å². The zero-order valence-electron chi connectivity index (χ0n) is 8.45. The van der Waals surface area contributed by atoms with Crippen molar-refractivity contribution in [2.24, 2.45) is 11.5 Å². The van der Waals surface area contributed by atoms with Gasteiger partial charge < -0.3 is 11.5 Å². The maximum atomic E-state index is 5.64. The largest absolute Gasteiger partial charge is 0.327 e. The van der Waals surface area contributed by atoms with Gasteiger partial charge in [-0.25, -0.2) is 0 Å². The molecular formula is C12H18N2. The van der Waals surface area contributed by atoms with E-state index in [9.17, 15) is 0 Å². The van der Waals surface area contributed by atoms with Gasteiger partial charge in [-0.3, -0.25) is 0 Å². The highest BCUT2D eigenvalue weighted by atomic mass is 14.5. The Labute approximate surface area is 85.6 Å². The zero-order chi connectivity index (χ0) is 10.2. The van der Waals surface area contributed by atoms with Crippen molar-refractivity contribution in [3.05, 3.63) is 47.5 Å². The van der Waals surface area contributed by atoms with Gasteiger partial charge in [-0.1, -0.05) is 36.4 Å². The van der Waals surface area contributed by atoms with Gasteiger partial charge in [-0.05, 0) is 24.0 Å². The Kier molecular flexibility index (Phi) is 4.97. The molecule has 0 bridgehead atoms. The van der Waals surface area contributed by atoms with Crippen molar-refractivity contribution < 1.29 is 0 Å². The molecule has 0 amide bonds. The molecule has 0 aliphatic rings. The summed E-state index contributed by atoms with van der Waals surface area (Å²) < 4.78 is 0. The van der Waals surface area contributed by atoms with Gasteiger partial charge in [0, 0.05) is 13.1 Å². The van der Waals surface area contributed by atoms with E-state index < -0.39 is 0 Å². The molecule has 0 unspecified atom stereocenters. The van der Waals surface area contributed by atoms with Gasteiger partial charge in [-0.2, -0.15) is 0 Å². The van der Waals surface area contributed by atoms with Crippen LogP contribution in [0.25, 0.3) is 0 Å². The van der Waals surface area contributed by atoms with Crippen LogP contribution in [0.15, 0.2) is 36.4 Å². The summed E-state index contributed by atoms with van der Waals surface area (Å²) in [6.45, 7) is 1.25. The molecule has 0 aliphatic carbocycles. The number of allylic oxidation sites excluding steroid dienone is 1. The molecular weight excluding hydrogens is 172 g/mol. The molecule has 0 radical (unpaired) electrons. The first-order chi connectivity index (χ1) is 6.88. The fraction of sp³-hybridized carbons (Fsp3) is 0.333. The van der Waals surface area contributed by atoms with Crippen LogP contribution in [0.3, 0.4) is 0 Å². The molecule has 0 atom stereocenters. The number of nitrogens with two attached hydrogens (primary N) is 2. The summed E-state index contributed by atoms with van der Waals surface area (Å²) in [7, 11) is 0. The summed E-state index contributed by atoms with van der Waals surface area (Å²) in [4.78, 5) is 0. The van der Waals surface area contributed by atoms with Crippen molar-refractivity contribution in [2.45, 2.75) is 19.4 Å². The highest BCUT2D eigenvalue weighted by Gasteiger charge is 1.97. The molecule has 0 aromatic heterocycles. The van der Waals surface area contributed by atoms with E-state index in [2.05, 4.69) is 24.3 Å². The third-order valence-corrected chi connectivity index (χ3v) is 2.22. The van der Waals surface area contributed by atoms with E-state index in [1.807, 2.05) is 12.1 Å². The Hall–Kier alpha value is -1.12. The topological polar surface area (TPSA) is 52.0 Å². The first-order valence-corrected chi connectivity index (χ1v) is 5.00. The van der Waals surface area contributed by atoms with E-state index in [1.165, 1.54) is 11.1 Å². The molecule has 14 heavy (non-hydrogen) atoms. The van der Waals surface area contributed by atoms with E-state index in [4.69, 9.17) is 11.5 Å². The Morgan fingerprint density at radius 3 is 2.36 bits per heavy atom. The highest BCUT2D eigenvalue weighted by Crippen LogP contribution is 2.10. The van der Waals surface area contributed by atoms with Crippen LogP contribution in [0.4, 0.5) is 0 Å².